The van der Waals surface area contributed by atoms with Crippen molar-refractivity contribution in [2.24, 2.45) is 0 Å². The molecule has 1 aliphatic rings. The van der Waals surface area contributed by atoms with Gasteiger partial charge in [-0.15, -0.1) is 0 Å². The van der Waals surface area contributed by atoms with E-state index < -0.39 is 0 Å². The quantitative estimate of drug-likeness (QED) is 0.835. The lowest BCUT2D eigenvalue weighted by Crippen LogP contribution is -2.11. The Labute approximate surface area is 102 Å². The summed E-state index contributed by atoms with van der Waals surface area (Å²) in [6, 6.07) is 9.05. The molecule has 3 rings (SSSR count). The van der Waals surface area contributed by atoms with Crippen molar-refractivity contribution in [2.75, 3.05) is 0 Å². The van der Waals surface area contributed by atoms with Gasteiger partial charge in [-0.05, 0) is 18.9 Å². The lowest BCUT2D eigenvalue weighted by Gasteiger charge is -2.24. The van der Waals surface area contributed by atoms with Gasteiger partial charge in [0.05, 0.1) is 6.61 Å². The second kappa shape index (κ2) is 4.53. The summed E-state index contributed by atoms with van der Waals surface area (Å²) in [6.45, 7) is 0.139. The number of aliphatic hydroxyl groups excluding tert-OH is 1. The van der Waals surface area contributed by atoms with Crippen molar-refractivity contribution < 1.29 is 5.11 Å². The van der Waals surface area contributed by atoms with Gasteiger partial charge >= 0.3 is 0 Å². The topological polar surface area (TPSA) is 25.2 Å². The van der Waals surface area contributed by atoms with Crippen LogP contribution in [0.3, 0.4) is 0 Å². The van der Waals surface area contributed by atoms with Crippen LogP contribution in [-0.4, -0.2) is 9.67 Å². The Morgan fingerprint density at radius 1 is 1.12 bits per heavy atom. The van der Waals surface area contributed by atoms with E-state index in [1.807, 2.05) is 6.07 Å². The lowest BCUT2D eigenvalue weighted by molar-refractivity contribution is 0.282. The summed E-state index contributed by atoms with van der Waals surface area (Å²) in [6.07, 6.45) is 8.77. The van der Waals surface area contributed by atoms with E-state index in [4.69, 9.17) is 0 Å². The Hall–Kier alpha value is -1.28. The molecule has 1 heterocycles. The molecule has 0 atom stereocenters. The number of para-hydroxylation sites is 1. The van der Waals surface area contributed by atoms with Gasteiger partial charge in [0, 0.05) is 28.7 Å². The molecule has 17 heavy (non-hydrogen) atoms. The largest absolute Gasteiger partial charge is 0.392 e. The summed E-state index contributed by atoms with van der Waals surface area (Å²) in [5, 5.41) is 10.6. The second-order valence-corrected chi connectivity index (χ2v) is 5.03. The molecule has 1 aliphatic carbocycles. The molecule has 1 fully saturated rings. The summed E-state index contributed by atoms with van der Waals surface area (Å²) in [7, 11) is 0. The smallest absolute Gasteiger partial charge is 0.0702 e. The van der Waals surface area contributed by atoms with Crippen LogP contribution in [0.4, 0.5) is 0 Å². The Morgan fingerprint density at radius 3 is 2.65 bits per heavy atom. The number of aliphatic hydroxyl groups is 1. The maximum atomic E-state index is 9.43. The number of hydrogen-bond donors (Lipinski definition) is 1. The van der Waals surface area contributed by atoms with Crippen LogP contribution in [0.5, 0.6) is 0 Å². The Bertz CT molecular complexity index is 509. The Kier molecular flexibility index (Phi) is 2.89. The van der Waals surface area contributed by atoms with E-state index in [1.54, 1.807) is 0 Å². The molecule has 2 nitrogen and oxygen atoms in total. The fourth-order valence-electron chi connectivity index (χ4n) is 3.06. The maximum absolute atomic E-state index is 9.43. The number of nitrogens with zero attached hydrogens (tertiary/aromatic N) is 1. The van der Waals surface area contributed by atoms with Crippen molar-refractivity contribution >= 4 is 10.9 Å². The Morgan fingerprint density at radius 2 is 1.88 bits per heavy atom. The van der Waals surface area contributed by atoms with Crippen LogP contribution in [0.15, 0.2) is 30.5 Å². The van der Waals surface area contributed by atoms with Crippen LogP contribution in [0.1, 0.15) is 43.7 Å². The van der Waals surface area contributed by atoms with Crippen LogP contribution in [0.2, 0.25) is 0 Å². The SMILES string of the molecule is OCc1cn(C2CCCCC2)c2ccccc12. The van der Waals surface area contributed by atoms with E-state index in [0.29, 0.717) is 6.04 Å². The summed E-state index contributed by atoms with van der Waals surface area (Å²) in [4.78, 5) is 0. The third-order valence-electron chi connectivity index (χ3n) is 3.96. The van der Waals surface area contributed by atoms with Crippen molar-refractivity contribution in [3.63, 3.8) is 0 Å². The van der Waals surface area contributed by atoms with Crippen molar-refractivity contribution in [2.45, 2.75) is 44.8 Å². The molecule has 0 radical (unpaired) electrons. The molecule has 2 heteroatoms. The molecule has 1 aromatic carbocycles. The van der Waals surface area contributed by atoms with Crippen molar-refractivity contribution in [3.8, 4) is 0 Å². The minimum atomic E-state index is 0.139. The Balaban J connectivity index is 2.08. The molecule has 0 bridgehead atoms. The van der Waals surface area contributed by atoms with Crippen LogP contribution in [0, 0.1) is 0 Å². The first-order chi connectivity index (χ1) is 8.40. The molecule has 1 saturated carbocycles. The third-order valence-corrected chi connectivity index (χ3v) is 3.96. The molecule has 1 N–H and O–H groups in total. The molecular weight excluding hydrogens is 210 g/mol. The van der Waals surface area contributed by atoms with Gasteiger partial charge in [-0.1, -0.05) is 37.5 Å². The van der Waals surface area contributed by atoms with Crippen LogP contribution >= 0.6 is 0 Å². The molecule has 0 amide bonds. The van der Waals surface area contributed by atoms with Crippen molar-refractivity contribution in [1.29, 1.82) is 0 Å². The average molecular weight is 229 g/mol. The average Bonchev–Trinajstić information content (AvgIpc) is 2.78. The van der Waals surface area contributed by atoms with E-state index in [-0.39, 0.29) is 6.61 Å². The zero-order valence-corrected chi connectivity index (χ0v) is 10.1. The van der Waals surface area contributed by atoms with Gasteiger partial charge in [-0.3, -0.25) is 0 Å². The molecule has 1 aromatic heterocycles. The number of benzene rings is 1. The zero-order valence-electron chi connectivity index (χ0n) is 10.1. The van der Waals surface area contributed by atoms with E-state index in [9.17, 15) is 5.11 Å². The normalized spacial score (nSPS) is 17.7. The summed E-state index contributed by atoms with van der Waals surface area (Å²) < 4.78 is 2.39. The number of aromatic nitrogens is 1. The predicted octanol–water partition coefficient (Wildman–Crippen LogP) is 3.64. The summed E-state index contributed by atoms with van der Waals surface area (Å²) in [5.41, 5.74) is 2.34. The minimum absolute atomic E-state index is 0.139. The first-order valence-corrected chi connectivity index (χ1v) is 6.59. The standard InChI is InChI=1S/C15H19NO/c17-11-12-10-16(13-6-2-1-3-7-13)15-9-5-4-8-14(12)15/h4-5,8-10,13,17H,1-3,6-7,11H2. The van der Waals surface area contributed by atoms with Crippen molar-refractivity contribution in [1.82, 2.24) is 4.57 Å². The highest BCUT2D eigenvalue weighted by Crippen LogP contribution is 2.33. The van der Waals surface area contributed by atoms with Crippen LogP contribution in [0.25, 0.3) is 10.9 Å². The van der Waals surface area contributed by atoms with Gasteiger partial charge in [0.1, 0.15) is 0 Å². The predicted molar refractivity (Wildman–Crippen MR) is 70.0 cm³/mol. The lowest BCUT2D eigenvalue weighted by atomic mass is 9.95. The van der Waals surface area contributed by atoms with Gasteiger partial charge in [-0.25, -0.2) is 0 Å². The first-order valence-electron chi connectivity index (χ1n) is 6.59. The number of rotatable bonds is 2. The second-order valence-electron chi connectivity index (χ2n) is 5.03. The summed E-state index contributed by atoms with van der Waals surface area (Å²) in [5.74, 6) is 0. The van der Waals surface area contributed by atoms with E-state index in [2.05, 4.69) is 29.0 Å². The number of fused-ring (bicyclic) bond motifs is 1. The van der Waals surface area contributed by atoms with Gasteiger partial charge in [0.15, 0.2) is 0 Å². The molecular formula is C15H19NO. The maximum Gasteiger partial charge on any atom is 0.0702 e. The summed E-state index contributed by atoms with van der Waals surface area (Å²) >= 11 is 0. The zero-order chi connectivity index (χ0) is 11.7. The minimum Gasteiger partial charge on any atom is -0.392 e. The molecule has 2 aromatic rings. The highest BCUT2D eigenvalue weighted by molar-refractivity contribution is 5.84. The van der Waals surface area contributed by atoms with Crippen molar-refractivity contribution in [3.05, 3.63) is 36.0 Å². The molecule has 0 aliphatic heterocycles. The first kappa shape index (κ1) is 10.8. The van der Waals surface area contributed by atoms with Gasteiger partial charge in [0.25, 0.3) is 0 Å². The molecule has 0 saturated heterocycles. The molecule has 90 valence electrons. The van der Waals surface area contributed by atoms with E-state index in [1.165, 1.54) is 43.0 Å². The van der Waals surface area contributed by atoms with Crippen LogP contribution in [-0.2, 0) is 6.61 Å². The number of hydrogen-bond acceptors (Lipinski definition) is 1. The molecule has 0 unspecified atom stereocenters. The van der Waals surface area contributed by atoms with E-state index >= 15 is 0 Å². The van der Waals surface area contributed by atoms with E-state index in [0.717, 1.165) is 5.56 Å². The van der Waals surface area contributed by atoms with Crippen LogP contribution < -0.4 is 0 Å². The van der Waals surface area contributed by atoms with Gasteiger partial charge < -0.3 is 9.67 Å². The highest BCUT2D eigenvalue weighted by atomic mass is 16.3. The third kappa shape index (κ3) is 1.87. The fourth-order valence-corrected chi connectivity index (χ4v) is 3.06. The highest BCUT2D eigenvalue weighted by Gasteiger charge is 2.18. The van der Waals surface area contributed by atoms with Gasteiger partial charge in [0.2, 0.25) is 0 Å². The van der Waals surface area contributed by atoms with Gasteiger partial charge in [-0.2, -0.15) is 0 Å². The monoisotopic (exact) mass is 229 g/mol. The fraction of sp³-hybridized carbons (Fsp3) is 0.467. The molecule has 0 spiro atoms.